The molecule has 0 aromatic heterocycles. The van der Waals surface area contributed by atoms with E-state index in [1.54, 1.807) is 56.2 Å². The quantitative estimate of drug-likeness (QED) is 0.780. The van der Waals surface area contributed by atoms with E-state index in [0.717, 1.165) is 11.3 Å². The number of rotatable bonds is 5. The highest BCUT2D eigenvalue weighted by molar-refractivity contribution is 7.99. The Morgan fingerprint density at radius 1 is 1.11 bits per heavy atom. The molecule has 2 amide bonds. The van der Waals surface area contributed by atoms with Crippen LogP contribution in [0, 0.1) is 0 Å². The minimum Gasteiger partial charge on any atom is -0.496 e. The van der Waals surface area contributed by atoms with Crippen molar-refractivity contribution in [2.45, 2.75) is 5.37 Å². The van der Waals surface area contributed by atoms with Crippen LogP contribution >= 0.6 is 23.4 Å². The number of carbonyl (C=O) groups excluding carboxylic acids is 1. The van der Waals surface area contributed by atoms with Gasteiger partial charge in [-0.15, -0.1) is 11.8 Å². The number of hydrogen-bond acceptors (Lipinski definition) is 5. The van der Waals surface area contributed by atoms with E-state index in [1.807, 2.05) is 18.2 Å². The summed E-state index contributed by atoms with van der Waals surface area (Å²) in [5.41, 5.74) is 1.44. The maximum absolute atomic E-state index is 12.9. The molecule has 0 aliphatic carbocycles. The number of methoxy groups -OCH3 is 3. The summed E-state index contributed by atoms with van der Waals surface area (Å²) in [5.74, 6) is 2.63. The molecule has 0 radical (unpaired) electrons. The SMILES string of the molecule is COc1cc(OC)c(C2SCCN2C(=O)Nc2ccccc2Cl)cc1OC. The first-order valence-electron chi connectivity index (χ1n) is 8.32. The van der Waals surface area contributed by atoms with Gasteiger partial charge in [-0.1, -0.05) is 23.7 Å². The zero-order valence-electron chi connectivity index (χ0n) is 15.3. The largest absolute Gasteiger partial charge is 0.496 e. The number of para-hydroxylation sites is 1. The summed E-state index contributed by atoms with van der Waals surface area (Å²) in [6.45, 7) is 0.614. The highest BCUT2D eigenvalue weighted by Gasteiger charge is 2.34. The summed E-state index contributed by atoms with van der Waals surface area (Å²) in [6, 6.07) is 10.6. The summed E-state index contributed by atoms with van der Waals surface area (Å²) in [6.07, 6.45) is 0. The fraction of sp³-hybridized carbons (Fsp3) is 0.316. The van der Waals surface area contributed by atoms with Gasteiger partial charge in [0.05, 0.1) is 32.0 Å². The van der Waals surface area contributed by atoms with E-state index < -0.39 is 0 Å². The summed E-state index contributed by atoms with van der Waals surface area (Å²) in [7, 11) is 4.75. The monoisotopic (exact) mass is 408 g/mol. The van der Waals surface area contributed by atoms with Crippen LogP contribution in [-0.2, 0) is 0 Å². The van der Waals surface area contributed by atoms with Crippen molar-refractivity contribution in [3.63, 3.8) is 0 Å². The predicted molar refractivity (Wildman–Crippen MR) is 108 cm³/mol. The first-order chi connectivity index (χ1) is 13.1. The van der Waals surface area contributed by atoms with Crippen LogP contribution in [0.25, 0.3) is 0 Å². The lowest BCUT2D eigenvalue weighted by Gasteiger charge is -2.26. The Kier molecular flexibility index (Phi) is 6.23. The Bertz CT molecular complexity index is 833. The number of halogens is 1. The van der Waals surface area contributed by atoms with Crippen LogP contribution in [0.2, 0.25) is 5.02 Å². The topological polar surface area (TPSA) is 60.0 Å². The van der Waals surface area contributed by atoms with Gasteiger partial charge in [0.1, 0.15) is 11.1 Å². The second-order valence-corrected chi connectivity index (χ2v) is 7.37. The van der Waals surface area contributed by atoms with E-state index >= 15 is 0 Å². The molecule has 1 aliphatic rings. The summed E-state index contributed by atoms with van der Waals surface area (Å²) in [5, 5.41) is 3.18. The van der Waals surface area contributed by atoms with Gasteiger partial charge in [0.2, 0.25) is 0 Å². The Morgan fingerprint density at radius 2 is 1.78 bits per heavy atom. The number of urea groups is 1. The molecule has 1 N–H and O–H groups in total. The molecule has 3 rings (SSSR count). The van der Waals surface area contributed by atoms with Crippen molar-refractivity contribution in [3.8, 4) is 17.2 Å². The van der Waals surface area contributed by atoms with Crippen LogP contribution in [0.1, 0.15) is 10.9 Å². The minimum absolute atomic E-state index is 0.206. The van der Waals surface area contributed by atoms with Crippen molar-refractivity contribution in [2.75, 3.05) is 38.9 Å². The van der Waals surface area contributed by atoms with Crippen molar-refractivity contribution in [3.05, 3.63) is 47.0 Å². The number of anilines is 1. The number of nitrogens with zero attached hydrogens (tertiary/aromatic N) is 1. The zero-order valence-corrected chi connectivity index (χ0v) is 16.9. The minimum atomic E-state index is -0.213. The molecule has 0 saturated carbocycles. The van der Waals surface area contributed by atoms with E-state index in [0.29, 0.717) is 34.5 Å². The molecular weight excluding hydrogens is 388 g/mol. The lowest BCUT2D eigenvalue weighted by atomic mass is 10.1. The van der Waals surface area contributed by atoms with Crippen molar-refractivity contribution in [1.82, 2.24) is 4.90 Å². The predicted octanol–water partition coefficient (Wildman–Crippen LogP) is 4.65. The third kappa shape index (κ3) is 4.04. The number of carbonyl (C=O) groups is 1. The van der Waals surface area contributed by atoms with Crippen molar-refractivity contribution in [1.29, 1.82) is 0 Å². The molecule has 6 nitrogen and oxygen atoms in total. The first-order valence-corrected chi connectivity index (χ1v) is 9.75. The number of thioether (sulfide) groups is 1. The second-order valence-electron chi connectivity index (χ2n) is 5.78. The van der Waals surface area contributed by atoms with Gasteiger partial charge in [0.15, 0.2) is 11.5 Å². The van der Waals surface area contributed by atoms with Gasteiger partial charge in [-0.25, -0.2) is 4.79 Å². The van der Waals surface area contributed by atoms with Gasteiger partial charge >= 0.3 is 6.03 Å². The van der Waals surface area contributed by atoms with Gasteiger partial charge < -0.3 is 24.4 Å². The molecule has 1 saturated heterocycles. The van der Waals surface area contributed by atoms with E-state index in [9.17, 15) is 4.79 Å². The van der Waals surface area contributed by atoms with Crippen LogP contribution in [0.4, 0.5) is 10.5 Å². The molecule has 1 heterocycles. The van der Waals surface area contributed by atoms with Crippen LogP contribution < -0.4 is 19.5 Å². The molecule has 144 valence electrons. The Labute approximate surface area is 167 Å². The molecule has 0 spiro atoms. The highest BCUT2D eigenvalue weighted by Crippen LogP contribution is 2.46. The van der Waals surface area contributed by atoms with E-state index in [2.05, 4.69) is 5.32 Å². The maximum Gasteiger partial charge on any atom is 0.323 e. The third-order valence-electron chi connectivity index (χ3n) is 4.27. The maximum atomic E-state index is 12.9. The molecule has 8 heteroatoms. The lowest BCUT2D eigenvalue weighted by molar-refractivity contribution is 0.213. The normalized spacial score (nSPS) is 16.1. The van der Waals surface area contributed by atoms with E-state index in [1.165, 1.54) is 0 Å². The van der Waals surface area contributed by atoms with Crippen molar-refractivity contribution < 1.29 is 19.0 Å². The van der Waals surface area contributed by atoms with Gasteiger partial charge in [0.25, 0.3) is 0 Å². The van der Waals surface area contributed by atoms with E-state index in [-0.39, 0.29) is 11.4 Å². The molecule has 2 aromatic rings. The molecule has 1 atom stereocenters. The van der Waals surface area contributed by atoms with Gasteiger partial charge in [-0.3, -0.25) is 0 Å². The molecule has 2 aromatic carbocycles. The lowest BCUT2D eigenvalue weighted by Crippen LogP contribution is -2.34. The molecule has 0 bridgehead atoms. The number of benzene rings is 2. The van der Waals surface area contributed by atoms with Crippen molar-refractivity contribution in [2.24, 2.45) is 0 Å². The van der Waals surface area contributed by atoms with E-state index in [4.69, 9.17) is 25.8 Å². The highest BCUT2D eigenvalue weighted by atomic mass is 35.5. The molecule has 1 fully saturated rings. The van der Waals surface area contributed by atoms with Crippen LogP contribution in [0.3, 0.4) is 0 Å². The fourth-order valence-corrected chi connectivity index (χ4v) is 4.38. The van der Waals surface area contributed by atoms with Gasteiger partial charge in [-0.05, 0) is 18.2 Å². The Balaban J connectivity index is 1.90. The average molecular weight is 409 g/mol. The number of ether oxygens (including phenoxy) is 3. The van der Waals surface area contributed by atoms with Crippen LogP contribution in [0.5, 0.6) is 17.2 Å². The molecular formula is C19H21ClN2O4S. The molecule has 1 unspecified atom stereocenters. The number of nitrogens with one attached hydrogen (secondary N) is 1. The van der Waals surface area contributed by atoms with Crippen LogP contribution in [-0.4, -0.2) is 44.6 Å². The number of amides is 2. The third-order valence-corrected chi connectivity index (χ3v) is 5.84. The Hall–Kier alpha value is -2.25. The Morgan fingerprint density at radius 3 is 2.44 bits per heavy atom. The fourth-order valence-electron chi connectivity index (χ4n) is 2.93. The molecule has 27 heavy (non-hydrogen) atoms. The van der Waals surface area contributed by atoms with Crippen LogP contribution in [0.15, 0.2) is 36.4 Å². The molecule has 1 aliphatic heterocycles. The second kappa shape index (κ2) is 8.63. The number of hydrogen-bond donors (Lipinski definition) is 1. The van der Waals surface area contributed by atoms with Gasteiger partial charge in [-0.2, -0.15) is 0 Å². The van der Waals surface area contributed by atoms with Crippen molar-refractivity contribution >= 4 is 35.1 Å². The van der Waals surface area contributed by atoms with Gasteiger partial charge in [0, 0.05) is 23.9 Å². The zero-order chi connectivity index (χ0) is 19.4. The first kappa shape index (κ1) is 19.5. The summed E-state index contributed by atoms with van der Waals surface area (Å²) < 4.78 is 16.3. The summed E-state index contributed by atoms with van der Waals surface area (Å²) >= 11 is 7.82. The summed E-state index contributed by atoms with van der Waals surface area (Å²) in [4.78, 5) is 14.6. The average Bonchev–Trinajstić information content (AvgIpc) is 3.18. The smallest absolute Gasteiger partial charge is 0.323 e. The standard InChI is InChI=1S/C19H21ClN2O4S/c1-24-15-11-17(26-3)16(25-2)10-12(15)18-22(8-9-27-18)19(23)21-14-7-5-4-6-13(14)20/h4-7,10-11,18H,8-9H2,1-3H3,(H,21,23).